The molecular formula is C49H29N3O2. The molecule has 0 saturated heterocycles. The number of furan rings is 2. The van der Waals surface area contributed by atoms with Gasteiger partial charge < -0.3 is 8.83 Å². The number of hydrogen-bond donors (Lipinski definition) is 0. The Morgan fingerprint density at radius 3 is 1.72 bits per heavy atom. The molecule has 0 aliphatic carbocycles. The molecule has 0 fully saturated rings. The predicted octanol–water partition coefficient (Wildman–Crippen LogP) is 13.2. The minimum Gasteiger partial charge on any atom is -0.456 e. The fourth-order valence-electron chi connectivity index (χ4n) is 7.81. The molecule has 0 aliphatic heterocycles. The highest BCUT2D eigenvalue weighted by Crippen LogP contribution is 2.41. The van der Waals surface area contributed by atoms with Crippen molar-refractivity contribution in [3.8, 4) is 56.4 Å². The van der Waals surface area contributed by atoms with Gasteiger partial charge in [0.1, 0.15) is 22.3 Å². The molecular weight excluding hydrogens is 663 g/mol. The van der Waals surface area contributed by atoms with Gasteiger partial charge in [0.25, 0.3) is 0 Å². The number of nitrogens with zero attached hydrogens (tertiary/aromatic N) is 3. The summed E-state index contributed by atoms with van der Waals surface area (Å²) < 4.78 is 12.6. The average molecular weight is 692 g/mol. The lowest BCUT2D eigenvalue weighted by Gasteiger charge is -2.11. The van der Waals surface area contributed by atoms with Gasteiger partial charge in [-0.25, -0.2) is 15.0 Å². The van der Waals surface area contributed by atoms with Gasteiger partial charge in [0, 0.05) is 38.2 Å². The summed E-state index contributed by atoms with van der Waals surface area (Å²) in [5.74, 6) is 1.82. The van der Waals surface area contributed by atoms with Crippen molar-refractivity contribution in [3.05, 3.63) is 176 Å². The Balaban J connectivity index is 1.02. The van der Waals surface area contributed by atoms with Crippen LogP contribution in [0.2, 0.25) is 0 Å². The van der Waals surface area contributed by atoms with Crippen LogP contribution in [-0.2, 0) is 0 Å². The number of rotatable bonds is 5. The molecule has 5 heteroatoms. The predicted molar refractivity (Wildman–Crippen MR) is 219 cm³/mol. The van der Waals surface area contributed by atoms with E-state index >= 15 is 0 Å². The lowest BCUT2D eigenvalue weighted by molar-refractivity contribution is 0.668. The molecule has 0 radical (unpaired) electrons. The summed E-state index contributed by atoms with van der Waals surface area (Å²) >= 11 is 0. The normalized spacial score (nSPS) is 11.7. The molecule has 54 heavy (non-hydrogen) atoms. The van der Waals surface area contributed by atoms with Crippen LogP contribution in [0.25, 0.3) is 111 Å². The van der Waals surface area contributed by atoms with E-state index in [4.69, 9.17) is 23.8 Å². The van der Waals surface area contributed by atoms with Crippen LogP contribution >= 0.6 is 0 Å². The summed E-state index contributed by atoms with van der Waals surface area (Å²) in [5.41, 5.74) is 10.6. The summed E-state index contributed by atoms with van der Waals surface area (Å²) in [6.07, 6.45) is 0. The standard InChI is InChI=1S/C49H29N3O2/c1-2-12-33(13-3-1)47-50-48(52-49(51-47)39-19-10-21-41-44(39)38-17-6-7-20-40(38)53-41)35-15-8-14-34(29-35)30-23-25-32(26-24-30)37-18-9-22-42-45(37)46-36-16-5-4-11-31(36)27-28-43(46)54-42/h1-29H. The van der Waals surface area contributed by atoms with E-state index in [9.17, 15) is 0 Å². The largest absolute Gasteiger partial charge is 0.456 e. The maximum atomic E-state index is 6.36. The number of fused-ring (bicyclic) bond motifs is 8. The molecule has 0 bridgehead atoms. The maximum absolute atomic E-state index is 6.36. The molecule has 0 saturated carbocycles. The number of hydrogen-bond acceptors (Lipinski definition) is 5. The summed E-state index contributed by atoms with van der Waals surface area (Å²) in [5, 5.41) is 6.71. The van der Waals surface area contributed by atoms with E-state index < -0.39 is 0 Å². The van der Waals surface area contributed by atoms with Crippen LogP contribution in [0, 0.1) is 0 Å². The maximum Gasteiger partial charge on any atom is 0.164 e. The third kappa shape index (κ3) is 4.90. The van der Waals surface area contributed by atoms with Gasteiger partial charge in [-0.3, -0.25) is 0 Å². The van der Waals surface area contributed by atoms with Crippen LogP contribution in [0.3, 0.4) is 0 Å². The van der Waals surface area contributed by atoms with E-state index in [1.54, 1.807) is 0 Å². The summed E-state index contributed by atoms with van der Waals surface area (Å²) in [6.45, 7) is 0. The Hall–Kier alpha value is -7.37. The van der Waals surface area contributed by atoms with Gasteiger partial charge in [-0.2, -0.15) is 0 Å². The Morgan fingerprint density at radius 1 is 0.296 bits per heavy atom. The monoisotopic (exact) mass is 691 g/mol. The Kier molecular flexibility index (Phi) is 6.79. The quantitative estimate of drug-likeness (QED) is 0.180. The molecule has 8 aromatic carbocycles. The van der Waals surface area contributed by atoms with E-state index in [1.165, 1.54) is 10.8 Å². The fraction of sp³-hybridized carbons (Fsp3) is 0. The van der Waals surface area contributed by atoms with Crippen LogP contribution in [0.5, 0.6) is 0 Å². The van der Waals surface area contributed by atoms with E-state index in [2.05, 4.69) is 115 Å². The Labute approximate surface area is 309 Å². The van der Waals surface area contributed by atoms with Crippen molar-refractivity contribution in [2.45, 2.75) is 0 Å². The zero-order valence-electron chi connectivity index (χ0n) is 28.9. The van der Waals surface area contributed by atoms with Crippen LogP contribution < -0.4 is 0 Å². The summed E-state index contributed by atoms with van der Waals surface area (Å²) in [7, 11) is 0. The Bertz CT molecular complexity index is 3210. The van der Waals surface area contributed by atoms with Crippen LogP contribution in [-0.4, -0.2) is 15.0 Å². The zero-order chi connectivity index (χ0) is 35.6. The van der Waals surface area contributed by atoms with E-state index in [-0.39, 0.29) is 0 Å². The van der Waals surface area contributed by atoms with Gasteiger partial charge in [0.15, 0.2) is 17.5 Å². The van der Waals surface area contributed by atoms with E-state index in [0.29, 0.717) is 17.5 Å². The van der Waals surface area contributed by atoms with Gasteiger partial charge in [0.05, 0.1) is 0 Å². The van der Waals surface area contributed by atoms with Gasteiger partial charge in [0.2, 0.25) is 0 Å². The van der Waals surface area contributed by atoms with Crippen molar-refractivity contribution in [2.75, 3.05) is 0 Å². The first-order valence-corrected chi connectivity index (χ1v) is 18.0. The summed E-state index contributed by atoms with van der Waals surface area (Å²) in [6, 6.07) is 60.4. The average Bonchev–Trinajstić information content (AvgIpc) is 3.83. The first-order valence-electron chi connectivity index (χ1n) is 18.0. The molecule has 5 nitrogen and oxygen atoms in total. The highest BCUT2D eigenvalue weighted by molar-refractivity contribution is 6.22. The van der Waals surface area contributed by atoms with Gasteiger partial charge >= 0.3 is 0 Å². The number of aromatic nitrogens is 3. The smallest absolute Gasteiger partial charge is 0.164 e. The zero-order valence-corrected chi connectivity index (χ0v) is 28.9. The SMILES string of the molecule is c1ccc(-c2nc(-c3cccc(-c4ccc(-c5cccc6oc7ccc8ccccc8c7c56)cc4)c3)nc(-c3cccc4oc5ccccc5c34)n2)cc1. The van der Waals surface area contributed by atoms with Crippen LogP contribution in [0.1, 0.15) is 0 Å². The molecule has 252 valence electrons. The van der Waals surface area contributed by atoms with Gasteiger partial charge in [-0.05, 0) is 63.4 Å². The highest BCUT2D eigenvalue weighted by atomic mass is 16.3. The molecule has 0 unspecified atom stereocenters. The lowest BCUT2D eigenvalue weighted by atomic mass is 9.95. The number of benzene rings is 8. The molecule has 3 heterocycles. The minimum absolute atomic E-state index is 0.597. The first kappa shape index (κ1) is 30.3. The molecule has 0 aliphatic rings. The van der Waals surface area contributed by atoms with E-state index in [0.717, 1.165) is 82.8 Å². The fourth-order valence-corrected chi connectivity index (χ4v) is 7.81. The third-order valence-corrected chi connectivity index (χ3v) is 10.3. The first-order chi connectivity index (χ1) is 26.7. The molecule has 0 spiro atoms. The second-order valence-electron chi connectivity index (χ2n) is 13.5. The second kappa shape index (κ2) is 12.1. The minimum atomic E-state index is 0.597. The second-order valence-corrected chi connectivity index (χ2v) is 13.5. The Morgan fingerprint density at radius 2 is 0.870 bits per heavy atom. The molecule has 0 amide bonds. The molecule has 0 N–H and O–H groups in total. The molecule has 11 rings (SSSR count). The highest BCUT2D eigenvalue weighted by Gasteiger charge is 2.19. The van der Waals surface area contributed by atoms with E-state index in [1.807, 2.05) is 60.7 Å². The topological polar surface area (TPSA) is 65.0 Å². The van der Waals surface area contributed by atoms with Crippen molar-refractivity contribution in [2.24, 2.45) is 0 Å². The van der Waals surface area contributed by atoms with Gasteiger partial charge in [-0.1, -0.05) is 146 Å². The number of para-hydroxylation sites is 1. The summed E-state index contributed by atoms with van der Waals surface area (Å²) in [4.78, 5) is 15.2. The van der Waals surface area contributed by atoms with Crippen LogP contribution in [0.15, 0.2) is 185 Å². The van der Waals surface area contributed by atoms with Gasteiger partial charge in [-0.15, -0.1) is 0 Å². The van der Waals surface area contributed by atoms with Crippen LogP contribution in [0.4, 0.5) is 0 Å². The van der Waals surface area contributed by atoms with Crippen molar-refractivity contribution < 1.29 is 8.83 Å². The lowest BCUT2D eigenvalue weighted by Crippen LogP contribution is -2.00. The van der Waals surface area contributed by atoms with Crippen molar-refractivity contribution in [1.82, 2.24) is 15.0 Å². The molecule has 11 aromatic rings. The van der Waals surface area contributed by atoms with Crippen molar-refractivity contribution in [1.29, 1.82) is 0 Å². The molecule has 3 aromatic heterocycles. The van der Waals surface area contributed by atoms with Crippen molar-refractivity contribution in [3.63, 3.8) is 0 Å². The molecule has 0 atom stereocenters. The third-order valence-electron chi connectivity index (χ3n) is 10.3. The van der Waals surface area contributed by atoms with Crippen molar-refractivity contribution >= 4 is 54.6 Å².